The van der Waals surface area contributed by atoms with Crippen LogP contribution in [0.15, 0.2) is 48.0 Å². The van der Waals surface area contributed by atoms with Crippen LogP contribution in [-0.4, -0.2) is 16.9 Å². The average Bonchev–Trinajstić information content (AvgIpc) is 2.97. The molecule has 28 heavy (non-hydrogen) atoms. The Kier molecular flexibility index (Phi) is 5.80. The minimum atomic E-state index is -0.665. The molecule has 1 aliphatic rings. The minimum absolute atomic E-state index is 0.133. The van der Waals surface area contributed by atoms with Crippen LogP contribution in [-0.2, 0) is 14.3 Å². The fourth-order valence-corrected chi connectivity index (χ4v) is 3.36. The van der Waals surface area contributed by atoms with Crippen molar-refractivity contribution in [2.24, 2.45) is 0 Å². The van der Waals surface area contributed by atoms with Crippen molar-refractivity contribution in [3.05, 3.63) is 77.9 Å². The second-order valence-corrected chi connectivity index (χ2v) is 7.31. The number of nitro groups is 1. The van der Waals surface area contributed by atoms with Gasteiger partial charge < -0.3 is 9.47 Å². The molecule has 3 rings (SSSR count). The Morgan fingerprint density at radius 1 is 1.29 bits per heavy atom. The molecular formula is C19H11ClINO6. The van der Waals surface area contributed by atoms with Gasteiger partial charge in [0.1, 0.15) is 5.76 Å². The van der Waals surface area contributed by atoms with E-state index in [0.717, 1.165) is 6.92 Å². The van der Waals surface area contributed by atoms with E-state index >= 15 is 0 Å². The second-order valence-electron chi connectivity index (χ2n) is 5.71. The highest BCUT2D eigenvalue weighted by atomic mass is 127. The molecule has 0 saturated heterocycles. The Morgan fingerprint density at radius 3 is 2.57 bits per heavy atom. The van der Waals surface area contributed by atoms with Crippen molar-refractivity contribution in [3.8, 4) is 5.75 Å². The summed E-state index contributed by atoms with van der Waals surface area (Å²) in [4.78, 5) is 34.1. The molecule has 7 nitrogen and oxygen atoms in total. The maximum atomic E-state index is 12.2. The van der Waals surface area contributed by atoms with Gasteiger partial charge in [-0.3, -0.25) is 14.9 Å². The van der Waals surface area contributed by atoms with Crippen LogP contribution in [0.5, 0.6) is 5.75 Å². The molecule has 2 aromatic rings. The first-order valence-corrected chi connectivity index (χ1v) is 9.28. The molecule has 1 aliphatic heterocycles. The van der Waals surface area contributed by atoms with Gasteiger partial charge in [0, 0.05) is 23.6 Å². The SMILES string of the molecule is CC(=O)Oc1c(I)cc(/C=C2\C=C(c3ccc(Cl)cc3)OC2=O)cc1[N+](=O)[O-]. The number of ether oxygens (including phenoxy) is 2. The lowest BCUT2D eigenvalue weighted by Crippen LogP contribution is -2.06. The van der Waals surface area contributed by atoms with Crippen LogP contribution in [0.2, 0.25) is 5.02 Å². The van der Waals surface area contributed by atoms with Crippen molar-refractivity contribution in [3.63, 3.8) is 0 Å². The van der Waals surface area contributed by atoms with Crippen molar-refractivity contribution >= 4 is 63.7 Å². The fourth-order valence-electron chi connectivity index (χ4n) is 2.49. The van der Waals surface area contributed by atoms with Crippen molar-refractivity contribution in [1.29, 1.82) is 0 Å². The van der Waals surface area contributed by atoms with E-state index in [1.165, 1.54) is 12.1 Å². The monoisotopic (exact) mass is 511 g/mol. The Labute approximate surface area is 177 Å². The van der Waals surface area contributed by atoms with E-state index in [2.05, 4.69) is 0 Å². The Bertz CT molecular complexity index is 1060. The van der Waals surface area contributed by atoms with Gasteiger partial charge in [0.2, 0.25) is 5.75 Å². The lowest BCUT2D eigenvalue weighted by atomic mass is 10.1. The van der Waals surface area contributed by atoms with Gasteiger partial charge in [-0.25, -0.2) is 4.79 Å². The van der Waals surface area contributed by atoms with Crippen LogP contribution < -0.4 is 4.74 Å². The predicted octanol–water partition coefficient (Wildman–Crippen LogP) is 4.76. The largest absolute Gasteiger partial charge is 0.422 e. The molecule has 1 heterocycles. The Morgan fingerprint density at radius 2 is 1.96 bits per heavy atom. The highest BCUT2D eigenvalue weighted by molar-refractivity contribution is 14.1. The predicted molar refractivity (Wildman–Crippen MR) is 111 cm³/mol. The second kappa shape index (κ2) is 8.11. The average molecular weight is 512 g/mol. The molecule has 0 N–H and O–H groups in total. The molecule has 0 aliphatic carbocycles. The smallest absolute Gasteiger partial charge is 0.343 e. The molecule has 9 heteroatoms. The van der Waals surface area contributed by atoms with Gasteiger partial charge in [-0.2, -0.15) is 0 Å². The van der Waals surface area contributed by atoms with Gasteiger partial charge in [0.25, 0.3) is 0 Å². The van der Waals surface area contributed by atoms with E-state index in [-0.39, 0.29) is 17.0 Å². The van der Waals surface area contributed by atoms with Crippen molar-refractivity contribution in [2.45, 2.75) is 6.92 Å². The summed E-state index contributed by atoms with van der Waals surface area (Å²) >= 11 is 7.69. The molecule has 0 spiro atoms. The molecule has 2 aromatic carbocycles. The molecule has 0 unspecified atom stereocenters. The van der Waals surface area contributed by atoms with Crippen molar-refractivity contribution < 1.29 is 24.0 Å². The summed E-state index contributed by atoms with van der Waals surface area (Å²) in [6.07, 6.45) is 3.02. The lowest BCUT2D eigenvalue weighted by molar-refractivity contribution is -0.385. The van der Waals surface area contributed by atoms with Gasteiger partial charge in [-0.05, 0) is 70.6 Å². The van der Waals surface area contributed by atoms with Crippen LogP contribution >= 0.6 is 34.2 Å². The number of carbonyl (C=O) groups excluding carboxylic acids is 2. The van der Waals surface area contributed by atoms with E-state index in [4.69, 9.17) is 21.1 Å². The number of benzene rings is 2. The van der Waals surface area contributed by atoms with Crippen LogP contribution in [0.3, 0.4) is 0 Å². The van der Waals surface area contributed by atoms with E-state index in [1.807, 2.05) is 22.6 Å². The van der Waals surface area contributed by atoms with E-state index < -0.39 is 16.9 Å². The first-order valence-electron chi connectivity index (χ1n) is 7.82. The molecule has 0 saturated carbocycles. The van der Waals surface area contributed by atoms with Crippen LogP contribution in [0.4, 0.5) is 5.69 Å². The summed E-state index contributed by atoms with van der Waals surface area (Å²) in [7, 11) is 0. The first-order chi connectivity index (χ1) is 13.2. The molecule has 0 bridgehead atoms. The Hall–Kier alpha value is -2.72. The van der Waals surface area contributed by atoms with Crippen LogP contribution in [0.1, 0.15) is 18.1 Å². The summed E-state index contributed by atoms with van der Waals surface area (Å²) < 4.78 is 10.6. The fraction of sp³-hybridized carbons (Fsp3) is 0.0526. The summed E-state index contributed by atoms with van der Waals surface area (Å²) in [6, 6.07) is 9.58. The summed E-state index contributed by atoms with van der Waals surface area (Å²) in [6.45, 7) is 1.16. The number of hydrogen-bond donors (Lipinski definition) is 0. The standard InChI is InChI=1S/C19H11ClINO6/c1-10(23)27-18-15(21)7-11(8-16(18)22(25)26)6-13-9-17(28-19(13)24)12-2-4-14(20)5-3-12/h2-9H,1H3/b13-6+. The summed E-state index contributed by atoms with van der Waals surface area (Å²) in [5, 5.41) is 11.9. The number of nitrogens with zero attached hydrogens (tertiary/aromatic N) is 1. The van der Waals surface area contributed by atoms with Crippen LogP contribution in [0.25, 0.3) is 11.8 Å². The first kappa shape index (κ1) is 20.0. The number of nitro benzene ring substituents is 1. The lowest BCUT2D eigenvalue weighted by Gasteiger charge is -2.06. The number of cyclic esters (lactones) is 1. The number of hydrogen-bond acceptors (Lipinski definition) is 6. The zero-order chi connectivity index (χ0) is 20.4. The molecule has 0 aromatic heterocycles. The van der Waals surface area contributed by atoms with Gasteiger partial charge in [0.05, 0.1) is 14.1 Å². The quantitative estimate of drug-likeness (QED) is 0.147. The molecular weight excluding hydrogens is 501 g/mol. The molecule has 142 valence electrons. The van der Waals surface area contributed by atoms with E-state index in [9.17, 15) is 19.7 Å². The highest BCUT2D eigenvalue weighted by Crippen LogP contribution is 2.35. The summed E-state index contributed by atoms with van der Waals surface area (Å²) in [5.41, 5.74) is 0.928. The number of carbonyl (C=O) groups is 2. The highest BCUT2D eigenvalue weighted by Gasteiger charge is 2.24. The number of halogens is 2. The van der Waals surface area contributed by atoms with Gasteiger partial charge in [-0.1, -0.05) is 11.6 Å². The van der Waals surface area contributed by atoms with Gasteiger partial charge >= 0.3 is 17.6 Å². The van der Waals surface area contributed by atoms with E-state index in [1.54, 1.807) is 36.4 Å². The maximum absolute atomic E-state index is 12.2. The van der Waals surface area contributed by atoms with Crippen LogP contribution in [0, 0.1) is 13.7 Å². The molecule has 0 amide bonds. The molecule has 0 atom stereocenters. The maximum Gasteiger partial charge on any atom is 0.343 e. The molecule has 0 radical (unpaired) electrons. The van der Waals surface area contributed by atoms with Gasteiger partial charge in [0.15, 0.2) is 0 Å². The van der Waals surface area contributed by atoms with Crippen molar-refractivity contribution in [1.82, 2.24) is 0 Å². The minimum Gasteiger partial charge on any atom is -0.422 e. The summed E-state index contributed by atoms with van der Waals surface area (Å²) in [5.74, 6) is -1.02. The third-order valence-electron chi connectivity index (χ3n) is 3.66. The van der Waals surface area contributed by atoms with E-state index in [0.29, 0.717) is 25.5 Å². The Balaban J connectivity index is 2.00. The topological polar surface area (TPSA) is 95.7 Å². The number of esters is 2. The van der Waals surface area contributed by atoms with Crippen molar-refractivity contribution in [2.75, 3.05) is 0 Å². The normalized spacial score (nSPS) is 14.6. The number of rotatable bonds is 4. The third-order valence-corrected chi connectivity index (χ3v) is 4.72. The zero-order valence-electron chi connectivity index (χ0n) is 14.3. The molecule has 0 fully saturated rings. The third kappa shape index (κ3) is 4.39. The zero-order valence-corrected chi connectivity index (χ0v) is 17.2. The van der Waals surface area contributed by atoms with Gasteiger partial charge in [-0.15, -0.1) is 0 Å².